The number of nitrogens with one attached hydrogen (secondary N) is 1. The van der Waals surface area contributed by atoms with Crippen molar-refractivity contribution in [1.82, 2.24) is 10.2 Å². The Morgan fingerprint density at radius 1 is 1.39 bits per heavy atom. The molecule has 1 aromatic carbocycles. The van der Waals surface area contributed by atoms with Gasteiger partial charge in [0.1, 0.15) is 5.75 Å². The van der Waals surface area contributed by atoms with Crippen LogP contribution >= 0.6 is 12.4 Å². The van der Waals surface area contributed by atoms with Gasteiger partial charge in [0.15, 0.2) is 0 Å². The number of ether oxygens (including phenoxy) is 1. The summed E-state index contributed by atoms with van der Waals surface area (Å²) in [6.45, 7) is 2.63. The second kappa shape index (κ2) is 10.5. The molecule has 3 N–H and O–H groups in total. The fourth-order valence-electron chi connectivity index (χ4n) is 3.07. The SMILES string of the molecule is COc1ccccc1CNC(=O)CN1CCCCC1CCN.Cl. The van der Waals surface area contributed by atoms with Crippen LogP contribution in [0.5, 0.6) is 5.75 Å². The topological polar surface area (TPSA) is 67.6 Å². The van der Waals surface area contributed by atoms with E-state index in [1.807, 2.05) is 24.3 Å². The van der Waals surface area contributed by atoms with E-state index in [0.717, 1.165) is 30.7 Å². The molecule has 6 heteroatoms. The van der Waals surface area contributed by atoms with Crippen molar-refractivity contribution < 1.29 is 9.53 Å². The van der Waals surface area contributed by atoms with Crippen LogP contribution in [0.3, 0.4) is 0 Å². The molecule has 0 spiro atoms. The minimum atomic E-state index is 0. The van der Waals surface area contributed by atoms with Gasteiger partial charge in [0.2, 0.25) is 5.91 Å². The molecule has 1 fully saturated rings. The Bertz CT molecular complexity index is 483. The van der Waals surface area contributed by atoms with Crippen LogP contribution in [0.4, 0.5) is 0 Å². The van der Waals surface area contributed by atoms with Crippen molar-refractivity contribution in [3.05, 3.63) is 29.8 Å². The fraction of sp³-hybridized carbons (Fsp3) is 0.588. The Kier molecular flexibility index (Phi) is 8.99. The number of nitrogens with zero attached hydrogens (tertiary/aromatic N) is 1. The molecule has 1 amide bonds. The van der Waals surface area contributed by atoms with Gasteiger partial charge in [-0.05, 0) is 38.4 Å². The number of rotatable bonds is 7. The van der Waals surface area contributed by atoms with Gasteiger partial charge in [0, 0.05) is 18.2 Å². The highest BCUT2D eigenvalue weighted by Crippen LogP contribution is 2.19. The number of benzene rings is 1. The second-order valence-corrected chi connectivity index (χ2v) is 5.79. The number of carbonyl (C=O) groups is 1. The number of halogens is 1. The van der Waals surface area contributed by atoms with Crippen LogP contribution in [0.25, 0.3) is 0 Å². The van der Waals surface area contributed by atoms with Crippen molar-refractivity contribution in [2.24, 2.45) is 5.73 Å². The summed E-state index contributed by atoms with van der Waals surface area (Å²) in [5.41, 5.74) is 6.67. The maximum atomic E-state index is 12.2. The van der Waals surface area contributed by atoms with E-state index < -0.39 is 0 Å². The summed E-state index contributed by atoms with van der Waals surface area (Å²) in [6, 6.07) is 8.21. The van der Waals surface area contributed by atoms with Crippen LogP contribution in [0.1, 0.15) is 31.2 Å². The molecule has 0 aromatic heterocycles. The van der Waals surface area contributed by atoms with E-state index >= 15 is 0 Å². The largest absolute Gasteiger partial charge is 0.496 e. The minimum absolute atomic E-state index is 0. The van der Waals surface area contributed by atoms with Crippen molar-refractivity contribution in [2.75, 3.05) is 26.7 Å². The molecule has 0 saturated carbocycles. The molecular weight excluding hydrogens is 314 g/mol. The number of nitrogens with two attached hydrogens (primary N) is 1. The molecule has 1 saturated heterocycles. The molecule has 2 rings (SSSR count). The van der Waals surface area contributed by atoms with Gasteiger partial charge < -0.3 is 15.8 Å². The molecule has 1 heterocycles. The number of likely N-dealkylation sites (tertiary alicyclic amines) is 1. The zero-order valence-electron chi connectivity index (χ0n) is 13.8. The number of hydrogen-bond donors (Lipinski definition) is 2. The second-order valence-electron chi connectivity index (χ2n) is 5.79. The molecule has 130 valence electrons. The number of piperidine rings is 1. The van der Waals surface area contributed by atoms with E-state index in [2.05, 4.69) is 10.2 Å². The maximum Gasteiger partial charge on any atom is 0.234 e. The standard InChI is InChI=1S/C17H27N3O2.ClH/c1-22-16-8-3-2-6-14(16)12-19-17(21)13-20-11-5-4-7-15(20)9-10-18;/h2-3,6,8,15H,4-5,7,9-13,18H2,1H3,(H,19,21);1H. The van der Waals surface area contributed by atoms with Crippen LogP contribution in [0, 0.1) is 0 Å². The van der Waals surface area contributed by atoms with Crippen molar-refractivity contribution in [1.29, 1.82) is 0 Å². The molecule has 0 bridgehead atoms. The van der Waals surface area contributed by atoms with Crippen LogP contribution in [-0.2, 0) is 11.3 Å². The maximum absolute atomic E-state index is 12.2. The average Bonchev–Trinajstić information content (AvgIpc) is 2.55. The predicted molar refractivity (Wildman–Crippen MR) is 95.0 cm³/mol. The van der Waals surface area contributed by atoms with Crippen LogP contribution in [-0.4, -0.2) is 43.6 Å². The van der Waals surface area contributed by atoms with Crippen LogP contribution in [0.15, 0.2) is 24.3 Å². The third-order valence-electron chi connectivity index (χ3n) is 4.26. The molecule has 1 aliphatic heterocycles. The molecule has 0 aliphatic carbocycles. The first kappa shape index (κ1) is 19.7. The van der Waals surface area contributed by atoms with Crippen molar-refractivity contribution in [3.8, 4) is 5.75 Å². The van der Waals surface area contributed by atoms with Gasteiger partial charge in [-0.25, -0.2) is 0 Å². The van der Waals surface area contributed by atoms with Crippen molar-refractivity contribution >= 4 is 18.3 Å². The summed E-state index contributed by atoms with van der Waals surface area (Å²) in [6.07, 6.45) is 4.53. The average molecular weight is 342 g/mol. The Hall–Kier alpha value is -1.30. The summed E-state index contributed by atoms with van der Waals surface area (Å²) in [5.74, 6) is 0.872. The number of carbonyl (C=O) groups excluding carboxylic acids is 1. The normalized spacial score (nSPS) is 18.1. The zero-order valence-corrected chi connectivity index (χ0v) is 14.6. The van der Waals surface area contributed by atoms with Gasteiger partial charge in [0.25, 0.3) is 0 Å². The smallest absolute Gasteiger partial charge is 0.234 e. The third kappa shape index (κ3) is 6.01. The Balaban J connectivity index is 0.00000264. The predicted octanol–water partition coefficient (Wildman–Crippen LogP) is 1.94. The van der Waals surface area contributed by atoms with Gasteiger partial charge in [-0.1, -0.05) is 24.6 Å². The van der Waals surface area contributed by atoms with Gasteiger partial charge in [-0.2, -0.15) is 0 Å². The van der Waals surface area contributed by atoms with Crippen LogP contribution < -0.4 is 15.8 Å². The van der Waals surface area contributed by atoms with Gasteiger partial charge >= 0.3 is 0 Å². The minimum Gasteiger partial charge on any atom is -0.496 e. The molecule has 5 nitrogen and oxygen atoms in total. The first-order chi connectivity index (χ1) is 10.7. The lowest BCUT2D eigenvalue weighted by atomic mass is 9.99. The quantitative estimate of drug-likeness (QED) is 0.795. The zero-order chi connectivity index (χ0) is 15.8. The van der Waals surface area contributed by atoms with E-state index in [-0.39, 0.29) is 18.3 Å². The van der Waals surface area contributed by atoms with Crippen molar-refractivity contribution in [3.63, 3.8) is 0 Å². The monoisotopic (exact) mass is 341 g/mol. The first-order valence-electron chi connectivity index (χ1n) is 8.07. The third-order valence-corrected chi connectivity index (χ3v) is 4.26. The van der Waals surface area contributed by atoms with Gasteiger partial charge in [-0.3, -0.25) is 9.69 Å². The highest BCUT2D eigenvalue weighted by molar-refractivity contribution is 5.85. The van der Waals surface area contributed by atoms with E-state index in [9.17, 15) is 4.79 Å². The van der Waals surface area contributed by atoms with Crippen molar-refractivity contribution in [2.45, 2.75) is 38.3 Å². The number of methoxy groups -OCH3 is 1. The number of amides is 1. The summed E-state index contributed by atoms with van der Waals surface area (Å²) in [4.78, 5) is 14.5. The highest BCUT2D eigenvalue weighted by Gasteiger charge is 2.23. The number of hydrogen-bond acceptors (Lipinski definition) is 4. The molecule has 1 aliphatic rings. The highest BCUT2D eigenvalue weighted by atomic mass is 35.5. The molecular formula is C17H28ClN3O2. The molecule has 1 unspecified atom stereocenters. The molecule has 1 aromatic rings. The lowest BCUT2D eigenvalue weighted by Crippen LogP contribution is -2.46. The van der Waals surface area contributed by atoms with Crippen LogP contribution in [0.2, 0.25) is 0 Å². The van der Waals surface area contributed by atoms with E-state index in [1.54, 1.807) is 7.11 Å². The summed E-state index contributed by atoms with van der Waals surface area (Å²) >= 11 is 0. The molecule has 23 heavy (non-hydrogen) atoms. The Labute approximate surface area is 145 Å². The lowest BCUT2D eigenvalue weighted by Gasteiger charge is -2.35. The van der Waals surface area contributed by atoms with Gasteiger partial charge in [-0.15, -0.1) is 12.4 Å². The first-order valence-corrected chi connectivity index (χ1v) is 8.07. The Morgan fingerprint density at radius 2 is 2.17 bits per heavy atom. The van der Waals surface area contributed by atoms with E-state index in [4.69, 9.17) is 10.5 Å². The number of para-hydroxylation sites is 1. The Morgan fingerprint density at radius 3 is 2.91 bits per heavy atom. The molecule has 1 atom stereocenters. The van der Waals surface area contributed by atoms with E-state index in [0.29, 0.717) is 25.7 Å². The van der Waals surface area contributed by atoms with Gasteiger partial charge in [0.05, 0.1) is 13.7 Å². The molecule has 0 radical (unpaired) electrons. The summed E-state index contributed by atoms with van der Waals surface area (Å²) in [7, 11) is 1.64. The summed E-state index contributed by atoms with van der Waals surface area (Å²) in [5, 5.41) is 2.99. The summed E-state index contributed by atoms with van der Waals surface area (Å²) < 4.78 is 5.30. The van der Waals surface area contributed by atoms with E-state index in [1.165, 1.54) is 12.8 Å². The fourth-order valence-corrected chi connectivity index (χ4v) is 3.07. The lowest BCUT2D eigenvalue weighted by molar-refractivity contribution is -0.123.